The molecule has 2 aliphatic rings. The average molecular weight is 342 g/mol. The lowest BCUT2D eigenvalue weighted by atomic mass is 10.0. The van der Waals surface area contributed by atoms with Crippen LogP contribution in [0.4, 0.5) is 0 Å². The summed E-state index contributed by atoms with van der Waals surface area (Å²) in [6.45, 7) is 6.89. The first kappa shape index (κ1) is 18.6. The maximum absolute atomic E-state index is 13.0. The third kappa shape index (κ3) is 4.88. The first-order valence-electron chi connectivity index (χ1n) is 9.15. The summed E-state index contributed by atoms with van der Waals surface area (Å²) in [5.74, 6) is 1.30. The van der Waals surface area contributed by atoms with Gasteiger partial charge in [-0.05, 0) is 31.6 Å². The van der Waals surface area contributed by atoms with Crippen LogP contribution in [0.25, 0.3) is 0 Å². The summed E-state index contributed by atoms with van der Waals surface area (Å²) in [7, 11) is 0. The van der Waals surface area contributed by atoms with Crippen molar-refractivity contribution >= 4 is 23.6 Å². The smallest absolute Gasteiger partial charge is 0.329 e. The van der Waals surface area contributed by atoms with Crippen LogP contribution in [0.15, 0.2) is 0 Å². The van der Waals surface area contributed by atoms with Crippen molar-refractivity contribution in [1.29, 1.82) is 0 Å². The van der Waals surface area contributed by atoms with Gasteiger partial charge in [0.2, 0.25) is 5.91 Å². The molecule has 2 unspecified atom stereocenters. The maximum atomic E-state index is 13.0. The number of hydrogen-bond acceptors (Lipinski definition) is 4. The van der Waals surface area contributed by atoms with Gasteiger partial charge in [-0.15, -0.1) is 11.8 Å². The number of carbonyl (C=O) groups is 2. The minimum absolute atomic E-state index is 0.120. The predicted molar refractivity (Wildman–Crippen MR) is 94.2 cm³/mol. The Balaban J connectivity index is 2.06. The summed E-state index contributed by atoms with van der Waals surface area (Å²) in [5.41, 5.74) is 0. The topological polar surface area (TPSA) is 46.6 Å². The highest BCUT2D eigenvalue weighted by Crippen LogP contribution is 2.37. The summed E-state index contributed by atoms with van der Waals surface area (Å²) >= 11 is 1.75. The van der Waals surface area contributed by atoms with Crippen LogP contribution < -0.4 is 0 Å². The molecule has 132 valence electrons. The van der Waals surface area contributed by atoms with E-state index >= 15 is 0 Å². The molecule has 1 saturated carbocycles. The molecule has 0 spiro atoms. The monoisotopic (exact) mass is 341 g/mol. The first-order chi connectivity index (χ1) is 11.0. The molecule has 23 heavy (non-hydrogen) atoms. The highest BCUT2D eigenvalue weighted by Gasteiger charge is 2.44. The van der Waals surface area contributed by atoms with Gasteiger partial charge in [0.25, 0.3) is 0 Å². The second-order valence-electron chi connectivity index (χ2n) is 7.18. The second kappa shape index (κ2) is 8.95. The van der Waals surface area contributed by atoms with Crippen LogP contribution in [-0.2, 0) is 14.3 Å². The zero-order chi connectivity index (χ0) is 16.8. The Morgan fingerprint density at radius 3 is 2.57 bits per heavy atom. The number of hydrogen-bond donors (Lipinski definition) is 0. The van der Waals surface area contributed by atoms with Gasteiger partial charge in [0.1, 0.15) is 6.04 Å². The number of unbranched alkanes of at least 4 members (excludes halogenated alkanes) is 1. The number of rotatable bonds is 7. The van der Waals surface area contributed by atoms with E-state index in [-0.39, 0.29) is 29.2 Å². The molecule has 0 radical (unpaired) electrons. The Bertz CT molecular complexity index is 407. The lowest BCUT2D eigenvalue weighted by Crippen LogP contribution is -2.48. The summed E-state index contributed by atoms with van der Waals surface area (Å²) in [6, 6.07) is -0.381. The fourth-order valence-corrected chi connectivity index (χ4v) is 5.06. The molecule has 0 bridgehead atoms. The molecule has 2 fully saturated rings. The molecule has 0 N–H and O–H groups in total. The molecule has 0 aromatic carbocycles. The van der Waals surface area contributed by atoms with Crippen molar-refractivity contribution in [3.05, 3.63) is 0 Å². The third-order valence-corrected chi connectivity index (χ3v) is 6.05. The van der Waals surface area contributed by atoms with Crippen LogP contribution in [0.2, 0.25) is 0 Å². The van der Waals surface area contributed by atoms with Gasteiger partial charge in [-0.3, -0.25) is 4.79 Å². The maximum Gasteiger partial charge on any atom is 0.329 e. The van der Waals surface area contributed by atoms with Gasteiger partial charge in [0, 0.05) is 11.7 Å². The highest BCUT2D eigenvalue weighted by molar-refractivity contribution is 8.00. The van der Waals surface area contributed by atoms with Gasteiger partial charge in [0.05, 0.1) is 12.0 Å². The van der Waals surface area contributed by atoms with E-state index in [1.165, 1.54) is 0 Å². The molecule has 1 aliphatic heterocycles. The molecule has 1 amide bonds. The molecule has 0 aromatic heterocycles. The SMILES string of the molecule is CCCCOC(=O)C1CSC(CC(C)C)N1C(=O)C1CCCC1. The molecule has 1 aliphatic carbocycles. The van der Waals surface area contributed by atoms with E-state index in [4.69, 9.17) is 4.74 Å². The number of nitrogens with zero attached hydrogens (tertiary/aromatic N) is 1. The summed E-state index contributed by atoms with van der Waals surface area (Å²) < 4.78 is 5.42. The van der Waals surface area contributed by atoms with E-state index < -0.39 is 0 Å². The number of ether oxygens (including phenoxy) is 1. The van der Waals surface area contributed by atoms with Crippen molar-refractivity contribution in [2.75, 3.05) is 12.4 Å². The molecule has 0 aromatic rings. The van der Waals surface area contributed by atoms with Crippen molar-refractivity contribution in [3.8, 4) is 0 Å². The van der Waals surface area contributed by atoms with Gasteiger partial charge >= 0.3 is 5.97 Å². The molecule has 2 rings (SSSR count). The zero-order valence-corrected chi connectivity index (χ0v) is 15.6. The van der Waals surface area contributed by atoms with Crippen molar-refractivity contribution in [1.82, 2.24) is 4.90 Å². The van der Waals surface area contributed by atoms with Crippen molar-refractivity contribution < 1.29 is 14.3 Å². The fraction of sp³-hybridized carbons (Fsp3) is 0.889. The van der Waals surface area contributed by atoms with E-state index in [0.717, 1.165) is 44.9 Å². The first-order valence-corrected chi connectivity index (χ1v) is 10.2. The van der Waals surface area contributed by atoms with Crippen molar-refractivity contribution in [2.24, 2.45) is 11.8 Å². The van der Waals surface area contributed by atoms with E-state index in [0.29, 0.717) is 18.3 Å². The van der Waals surface area contributed by atoms with Gasteiger partial charge < -0.3 is 9.64 Å². The zero-order valence-electron chi connectivity index (χ0n) is 14.8. The number of thioether (sulfide) groups is 1. The van der Waals surface area contributed by atoms with Crippen LogP contribution >= 0.6 is 11.8 Å². The van der Waals surface area contributed by atoms with Crippen LogP contribution in [0.5, 0.6) is 0 Å². The van der Waals surface area contributed by atoms with Gasteiger partial charge in [-0.2, -0.15) is 0 Å². The molecule has 1 saturated heterocycles. The lowest BCUT2D eigenvalue weighted by Gasteiger charge is -2.31. The predicted octanol–water partition coefficient (Wildman–Crippen LogP) is 3.84. The van der Waals surface area contributed by atoms with Gasteiger partial charge in [0.15, 0.2) is 0 Å². The van der Waals surface area contributed by atoms with Crippen molar-refractivity contribution in [2.45, 2.75) is 77.1 Å². The van der Waals surface area contributed by atoms with Crippen LogP contribution in [-0.4, -0.2) is 40.6 Å². The molecule has 4 nitrogen and oxygen atoms in total. The average Bonchev–Trinajstić information content (AvgIpc) is 3.15. The minimum Gasteiger partial charge on any atom is -0.464 e. The summed E-state index contributed by atoms with van der Waals surface area (Å²) in [4.78, 5) is 27.3. The second-order valence-corrected chi connectivity index (χ2v) is 8.39. The Hall–Kier alpha value is -0.710. The van der Waals surface area contributed by atoms with E-state index in [1.807, 2.05) is 4.90 Å². The molecule has 1 heterocycles. The molecule has 2 atom stereocenters. The highest BCUT2D eigenvalue weighted by atomic mass is 32.2. The standard InChI is InChI=1S/C18H31NO3S/c1-4-5-10-22-18(21)15-12-23-16(11-13(2)3)19(15)17(20)14-8-6-7-9-14/h13-16H,4-12H2,1-3H3. The van der Waals surface area contributed by atoms with E-state index in [1.54, 1.807) is 11.8 Å². The van der Waals surface area contributed by atoms with E-state index in [2.05, 4.69) is 20.8 Å². The Morgan fingerprint density at radius 2 is 1.96 bits per heavy atom. The van der Waals surface area contributed by atoms with Gasteiger partial charge in [-0.25, -0.2) is 4.79 Å². The lowest BCUT2D eigenvalue weighted by molar-refractivity contribution is -0.155. The summed E-state index contributed by atoms with van der Waals surface area (Å²) in [6.07, 6.45) is 7.07. The third-order valence-electron chi connectivity index (χ3n) is 4.74. The fourth-order valence-electron chi connectivity index (χ4n) is 3.42. The van der Waals surface area contributed by atoms with E-state index in [9.17, 15) is 9.59 Å². The Morgan fingerprint density at radius 1 is 1.26 bits per heavy atom. The molecular formula is C18H31NO3S. The Labute approximate surface area is 144 Å². The number of amides is 1. The van der Waals surface area contributed by atoms with Gasteiger partial charge in [-0.1, -0.05) is 40.0 Å². The number of esters is 1. The summed E-state index contributed by atoms with van der Waals surface area (Å²) in [5, 5.41) is 0.131. The van der Waals surface area contributed by atoms with Crippen molar-refractivity contribution in [3.63, 3.8) is 0 Å². The number of carbonyl (C=O) groups excluding carboxylic acids is 2. The molecule has 5 heteroatoms. The Kier molecular flexibility index (Phi) is 7.25. The minimum atomic E-state index is -0.381. The van der Waals surface area contributed by atoms with Crippen LogP contribution in [0.1, 0.15) is 65.7 Å². The largest absolute Gasteiger partial charge is 0.464 e. The van der Waals surface area contributed by atoms with Crippen LogP contribution in [0, 0.1) is 11.8 Å². The molecular weight excluding hydrogens is 310 g/mol. The van der Waals surface area contributed by atoms with Crippen LogP contribution in [0.3, 0.4) is 0 Å². The normalized spacial score (nSPS) is 25.3. The quantitative estimate of drug-likeness (QED) is 0.521.